The summed E-state index contributed by atoms with van der Waals surface area (Å²) in [7, 11) is 0. The van der Waals surface area contributed by atoms with Crippen LogP contribution in [0.25, 0.3) is 10.4 Å². The van der Waals surface area contributed by atoms with E-state index in [2.05, 4.69) is 80.6 Å². The number of aromatic nitrogens is 2. The molecule has 0 radical (unpaired) electrons. The molecule has 1 aromatic heterocycles. The van der Waals surface area contributed by atoms with Crippen LogP contribution >= 0.6 is 0 Å². The molecule has 5 rings (SSSR count). The quantitative estimate of drug-likeness (QED) is 0.0558. The van der Waals surface area contributed by atoms with Gasteiger partial charge in [-0.3, -0.25) is 28.9 Å². The Bertz CT molecular complexity index is 1710. The summed E-state index contributed by atoms with van der Waals surface area (Å²) in [5, 5.41) is 21.8. The number of hydrogen-bond acceptors (Lipinski definition) is 14. The van der Waals surface area contributed by atoms with Crippen LogP contribution in [0.3, 0.4) is 0 Å². The predicted molar refractivity (Wildman–Crippen MR) is 239 cm³/mol. The summed E-state index contributed by atoms with van der Waals surface area (Å²) >= 11 is 0. The van der Waals surface area contributed by atoms with Crippen LogP contribution < -0.4 is 37.8 Å². The summed E-state index contributed by atoms with van der Waals surface area (Å²) in [6, 6.07) is 8.67. The van der Waals surface area contributed by atoms with Crippen molar-refractivity contribution in [1.29, 1.82) is 0 Å². The molecule has 3 aliphatic heterocycles. The Morgan fingerprint density at radius 1 is 0.754 bits per heavy atom. The van der Waals surface area contributed by atoms with E-state index in [-0.39, 0.29) is 25.4 Å². The molecular formula is C43H73N13O5. The number of azide groups is 1. The Kier molecular flexibility index (Phi) is 22.3. The van der Waals surface area contributed by atoms with Gasteiger partial charge in [-0.2, -0.15) is 0 Å². The van der Waals surface area contributed by atoms with Gasteiger partial charge in [0.2, 0.25) is 0 Å². The van der Waals surface area contributed by atoms with Crippen LogP contribution in [0, 0.1) is 6.92 Å². The molecule has 0 amide bonds. The molecule has 3 aliphatic rings. The zero-order valence-electron chi connectivity index (χ0n) is 36.6. The maximum atomic E-state index is 12.8. The Morgan fingerprint density at radius 3 is 1.93 bits per heavy atom. The maximum absolute atomic E-state index is 12.8. The third-order valence-electron chi connectivity index (χ3n) is 11.7. The minimum absolute atomic E-state index is 0.0861. The number of nitrogens with one attached hydrogen (secondary N) is 6. The third kappa shape index (κ3) is 18.3. The largest absolute Gasteiger partial charge is 0.463 e. The van der Waals surface area contributed by atoms with E-state index < -0.39 is 29.6 Å². The van der Waals surface area contributed by atoms with Gasteiger partial charge >= 0.3 is 11.7 Å². The Hall–Kier alpha value is -3.68. The molecule has 3 atom stereocenters. The summed E-state index contributed by atoms with van der Waals surface area (Å²) in [5.41, 5.74) is 11.1. The lowest BCUT2D eigenvalue weighted by Gasteiger charge is -2.27. The second-order valence-corrected chi connectivity index (χ2v) is 16.6. The number of esters is 1. The van der Waals surface area contributed by atoms with Crippen molar-refractivity contribution in [2.45, 2.75) is 89.8 Å². The summed E-state index contributed by atoms with van der Waals surface area (Å²) in [5.74, 6) is -0.337. The van der Waals surface area contributed by atoms with Crippen molar-refractivity contribution in [3.63, 3.8) is 0 Å². The molecule has 0 saturated carbocycles. The molecule has 18 heteroatoms. The average molecular weight is 852 g/mol. The molecule has 4 heterocycles. The van der Waals surface area contributed by atoms with Gasteiger partial charge in [0.1, 0.15) is 18.9 Å². The fraction of sp³-hybridized carbons (Fsp3) is 0.744. The number of aryl methyl sites for hydroxylation is 1. The van der Waals surface area contributed by atoms with Crippen molar-refractivity contribution in [2.24, 2.45) is 5.11 Å². The number of unbranched alkanes of at least 4 members (excludes halogenated alkanes) is 1. The van der Waals surface area contributed by atoms with Gasteiger partial charge in [-0.1, -0.05) is 29.4 Å². The molecule has 340 valence electrons. The summed E-state index contributed by atoms with van der Waals surface area (Å²) in [4.78, 5) is 49.9. The molecule has 61 heavy (non-hydrogen) atoms. The molecule has 18 nitrogen and oxygen atoms in total. The molecule has 2 aromatic rings. The van der Waals surface area contributed by atoms with Crippen LogP contribution in [0.5, 0.6) is 0 Å². The van der Waals surface area contributed by atoms with Crippen LogP contribution in [0.2, 0.25) is 0 Å². The van der Waals surface area contributed by atoms with Crippen LogP contribution in [-0.4, -0.2) is 160 Å². The number of carbonyl (C=O) groups is 1. The molecular weight excluding hydrogens is 779 g/mol. The average Bonchev–Trinajstić information content (AvgIpc) is 3.65. The molecule has 6 N–H and O–H groups in total. The Labute approximate surface area is 361 Å². The van der Waals surface area contributed by atoms with E-state index in [1.54, 1.807) is 6.92 Å². The lowest BCUT2D eigenvalue weighted by molar-refractivity contribution is -0.148. The molecule has 1 unspecified atom stereocenters. The summed E-state index contributed by atoms with van der Waals surface area (Å²) in [6.07, 6.45) is 6.50. The smallest absolute Gasteiger partial charge is 0.330 e. The van der Waals surface area contributed by atoms with Gasteiger partial charge in [0.15, 0.2) is 0 Å². The number of H-pyrrole nitrogens is 1. The minimum Gasteiger partial charge on any atom is -0.463 e. The first-order chi connectivity index (χ1) is 29.9. The van der Waals surface area contributed by atoms with Crippen LogP contribution in [0.15, 0.2) is 45.2 Å². The predicted octanol–water partition coefficient (Wildman–Crippen LogP) is 1.67. The summed E-state index contributed by atoms with van der Waals surface area (Å²) in [6.45, 7) is 20.6. The minimum atomic E-state index is -0.751. The van der Waals surface area contributed by atoms with Gasteiger partial charge in [-0.25, -0.2) is 4.79 Å². The van der Waals surface area contributed by atoms with E-state index in [4.69, 9.17) is 15.0 Å². The fourth-order valence-electron chi connectivity index (χ4n) is 8.15. The zero-order valence-corrected chi connectivity index (χ0v) is 36.6. The molecule has 3 saturated heterocycles. The molecule has 3 fully saturated rings. The van der Waals surface area contributed by atoms with Crippen LogP contribution in [0.1, 0.15) is 74.3 Å². The van der Waals surface area contributed by atoms with E-state index in [1.807, 2.05) is 0 Å². The molecule has 0 bridgehead atoms. The number of ether oxygens (including phenoxy) is 2. The number of carbonyl (C=O) groups excluding carboxylic acids is 1. The first-order valence-corrected chi connectivity index (χ1v) is 22.8. The first-order valence-electron chi connectivity index (χ1n) is 22.8. The first kappa shape index (κ1) is 48.4. The topological polar surface area (TPSA) is 209 Å². The highest BCUT2D eigenvalue weighted by molar-refractivity contribution is 5.69. The molecule has 0 aliphatic carbocycles. The van der Waals surface area contributed by atoms with E-state index >= 15 is 0 Å². The second-order valence-electron chi connectivity index (χ2n) is 16.6. The fourth-order valence-corrected chi connectivity index (χ4v) is 8.15. The van der Waals surface area contributed by atoms with E-state index in [9.17, 15) is 14.4 Å². The maximum Gasteiger partial charge on any atom is 0.330 e. The summed E-state index contributed by atoms with van der Waals surface area (Å²) < 4.78 is 12.8. The van der Waals surface area contributed by atoms with Gasteiger partial charge < -0.3 is 41.0 Å². The highest BCUT2D eigenvalue weighted by Gasteiger charge is 2.37. The Morgan fingerprint density at radius 2 is 1.31 bits per heavy atom. The van der Waals surface area contributed by atoms with Gasteiger partial charge in [0.05, 0.1) is 6.04 Å². The lowest BCUT2D eigenvalue weighted by atomic mass is 10.1. The van der Waals surface area contributed by atoms with Crippen LogP contribution in [-0.2, 0) is 27.4 Å². The van der Waals surface area contributed by atoms with Crippen molar-refractivity contribution in [3.8, 4) is 0 Å². The second kappa shape index (κ2) is 28.1. The number of benzene rings is 1. The monoisotopic (exact) mass is 852 g/mol. The van der Waals surface area contributed by atoms with Gasteiger partial charge in [-0.05, 0) is 121 Å². The van der Waals surface area contributed by atoms with Crippen molar-refractivity contribution in [2.75, 3.05) is 118 Å². The highest BCUT2D eigenvalue weighted by Crippen LogP contribution is 2.30. The number of aromatic amines is 1. The van der Waals surface area contributed by atoms with Crippen molar-refractivity contribution >= 4 is 5.97 Å². The SMILES string of the molecule is Cc1cn([C@H]2CC(N=[N+]=[N-])[C@@H](COC(=O)CCCCN3CCCN(Cc4ccc(CN5CCCNCCNCCCNCC5)cc4)CCNCCCNCC3)O2)c(=O)[nH]c1=O. The van der Waals surface area contributed by atoms with E-state index in [1.165, 1.54) is 21.9 Å². The number of nitrogens with zero attached hydrogens (tertiary/aromatic N) is 7. The molecule has 1 aromatic carbocycles. The number of rotatable bonds is 13. The highest BCUT2D eigenvalue weighted by atomic mass is 16.6. The lowest BCUT2D eigenvalue weighted by Crippen LogP contribution is -2.38. The molecule has 0 spiro atoms. The van der Waals surface area contributed by atoms with Crippen LogP contribution in [0.4, 0.5) is 0 Å². The van der Waals surface area contributed by atoms with Gasteiger partial charge in [0, 0.05) is 95.0 Å². The number of hydrogen-bond donors (Lipinski definition) is 6. The van der Waals surface area contributed by atoms with Crippen molar-refractivity contribution < 1.29 is 14.3 Å². The van der Waals surface area contributed by atoms with E-state index in [0.29, 0.717) is 12.0 Å². The van der Waals surface area contributed by atoms with Gasteiger partial charge in [0.25, 0.3) is 5.56 Å². The third-order valence-corrected chi connectivity index (χ3v) is 11.7. The van der Waals surface area contributed by atoms with E-state index in [0.717, 1.165) is 156 Å². The standard InChI is InChI=1S/C43H73N13O5/c1-35-31-56(43(59)50-42(35)58)40-30-38(51-52-44)39(61-40)34-60-41(57)8-2-3-23-53-25-7-26-55(29-22-49-16-5-15-47-20-27-53)33-37-11-9-36(10-12-37)32-54-24-6-17-46-19-18-45-13-4-14-48-21-28-54/h9-12,31,38-40,45-49H,2-8,13-30,32-34H2,1H3,(H,50,58,59)/t38?,39-,40-/m1/s1. The normalized spacial score (nSPS) is 23.3. The zero-order chi connectivity index (χ0) is 42.9. The Balaban J connectivity index is 1.04. The van der Waals surface area contributed by atoms with Crippen molar-refractivity contribution in [3.05, 3.63) is 78.4 Å². The van der Waals surface area contributed by atoms with Gasteiger partial charge in [-0.15, -0.1) is 0 Å². The van der Waals surface area contributed by atoms with Crippen molar-refractivity contribution in [1.82, 2.24) is 50.8 Å².